The van der Waals surface area contributed by atoms with Gasteiger partial charge in [0.1, 0.15) is 5.75 Å². The minimum Gasteiger partial charge on any atom is -0.507 e. The van der Waals surface area contributed by atoms with Crippen LogP contribution < -0.4 is 11.1 Å². The van der Waals surface area contributed by atoms with Crippen LogP contribution in [0.4, 0.5) is 0 Å². The van der Waals surface area contributed by atoms with Crippen molar-refractivity contribution >= 4 is 5.91 Å². The zero-order chi connectivity index (χ0) is 25.3. The molecule has 0 aliphatic rings. The van der Waals surface area contributed by atoms with Gasteiger partial charge in [0.2, 0.25) is 0 Å². The number of hydrogen-bond donors (Lipinski definition) is 4. The van der Waals surface area contributed by atoms with E-state index >= 15 is 0 Å². The zero-order valence-corrected chi connectivity index (χ0v) is 21.0. The molecule has 0 saturated heterocycles. The third-order valence-corrected chi connectivity index (χ3v) is 5.99. The molecule has 35 heavy (non-hydrogen) atoms. The third kappa shape index (κ3) is 11.7. The Kier molecular flexibility index (Phi) is 14.0. The summed E-state index contributed by atoms with van der Waals surface area (Å²) in [6.45, 7) is 3.56. The molecule has 0 radical (unpaired) electrons. The summed E-state index contributed by atoms with van der Waals surface area (Å²) in [5.41, 5.74) is 8.56. The van der Waals surface area contributed by atoms with Crippen molar-refractivity contribution < 1.29 is 24.5 Å². The number of hydrogen-bond acceptors (Lipinski definition) is 6. The molecular weight excluding hydrogens is 444 g/mol. The number of nitrogens with one attached hydrogen (secondary N) is 1. The molecule has 0 fully saturated rings. The molecule has 0 bridgehead atoms. The summed E-state index contributed by atoms with van der Waals surface area (Å²) in [6, 6.07) is 13.3. The van der Waals surface area contributed by atoms with Gasteiger partial charge in [-0.3, -0.25) is 4.79 Å². The number of amides is 1. The van der Waals surface area contributed by atoms with Crippen LogP contribution in [0.25, 0.3) is 0 Å². The van der Waals surface area contributed by atoms with Gasteiger partial charge in [-0.2, -0.15) is 0 Å². The summed E-state index contributed by atoms with van der Waals surface area (Å²) in [5.74, 6) is -0.894. The molecule has 2 aromatic carbocycles. The smallest absolute Gasteiger partial charge is 0.252 e. The fraction of sp³-hybridized carbons (Fsp3) is 0.536. The lowest BCUT2D eigenvalue weighted by atomic mass is 10.0. The largest absolute Gasteiger partial charge is 0.507 e. The van der Waals surface area contributed by atoms with Crippen molar-refractivity contribution in [1.29, 1.82) is 0 Å². The molecular formula is C28H42N2O5. The van der Waals surface area contributed by atoms with E-state index in [1.54, 1.807) is 13.2 Å². The minimum absolute atomic E-state index is 0.0182. The van der Waals surface area contributed by atoms with Crippen molar-refractivity contribution in [3.8, 4) is 5.75 Å². The van der Waals surface area contributed by atoms with E-state index in [2.05, 4.69) is 29.6 Å². The van der Waals surface area contributed by atoms with Crippen LogP contribution in [0.15, 0.2) is 42.5 Å². The second kappa shape index (κ2) is 17.1. The maximum atomic E-state index is 11.3. The molecule has 2 rings (SSSR count). The van der Waals surface area contributed by atoms with Gasteiger partial charge < -0.3 is 30.7 Å². The summed E-state index contributed by atoms with van der Waals surface area (Å²) >= 11 is 0. The number of carbonyl (C=O) groups excluding carboxylic acids is 1. The lowest BCUT2D eigenvalue weighted by Crippen LogP contribution is -2.23. The lowest BCUT2D eigenvalue weighted by molar-refractivity contribution is 0.0997. The molecule has 1 amide bonds. The molecule has 5 N–H and O–H groups in total. The first-order valence-corrected chi connectivity index (χ1v) is 12.7. The number of phenols is 1. The highest BCUT2D eigenvalue weighted by atomic mass is 16.5. The number of aliphatic hydroxyl groups excluding tert-OH is 1. The van der Waals surface area contributed by atoms with E-state index in [0.29, 0.717) is 12.1 Å². The van der Waals surface area contributed by atoms with Gasteiger partial charge in [-0.05, 0) is 86.7 Å². The summed E-state index contributed by atoms with van der Waals surface area (Å²) < 4.78 is 10.9. The van der Waals surface area contributed by atoms with Gasteiger partial charge in [0.05, 0.1) is 11.7 Å². The van der Waals surface area contributed by atoms with E-state index in [1.165, 1.54) is 23.3 Å². The Bertz CT molecular complexity index is 857. The molecule has 7 nitrogen and oxygen atoms in total. The first kappa shape index (κ1) is 28.8. The summed E-state index contributed by atoms with van der Waals surface area (Å²) in [7, 11) is 1.74. The van der Waals surface area contributed by atoms with Crippen molar-refractivity contribution in [3.63, 3.8) is 0 Å². The van der Waals surface area contributed by atoms with Crippen molar-refractivity contribution in [2.45, 2.75) is 57.5 Å². The first-order valence-electron chi connectivity index (χ1n) is 12.7. The Balaban J connectivity index is 1.43. The molecule has 0 aliphatic heterocycles. The number of primary amides is 1. The van der Waals surface area contributed by atoms with Crippen LogP contribution in [-0.2, 0) is 22.3 Å². The topological polar surface area (TPSA) is 114 Å². The molecule has 0 aromatic heterocycles. The van der Waals surface area contributed by atoms with Crippen LogP contribution in [0.2, 0.25) is 0 Å². The number of aryl methyl sites for hydroxylation is 2. The van der Waals surface area contributed by atoms with Gasteiger partial charge in [-0.25, -0.2) is 0 Å². The average molecular weight is 487 g/mol. The Hall–Kier alpha value is -2.45. The SMILES string of the molecule is COCCCc1ccc(CCCCOCCCCCNCC(O)c2ccc(O)c(C(N)=O)c2)cc1. The Labute approximate surface area is 209 Å². The molecule has 0 spiro atoms. The van der Waals surface area contributed by atoms with Crippen LogP contribution in [0, 0.1) is 0 Å². The Morgan fingerprint density at radius 3 is 2.23 bits per heavy atom. The van der Waals surface area contributed by atoms with Crippen molar-refractivity contribution in [3.05, 3.63) is 64.7 Å². The highest BCUT2D eigenvalue weighted by Crippen LogP contribution is 2.21. The van der Waals surface area contributed by atoms with E-state index in [1.807, 2.05) is 0 Å². The maximum Gasteiger partial charge on any atom is 0.252 e. The number of methoxy groups -OCH3 is 1. The first-order chi connectivity index (χ1) is 17.0. The Morgan fingerprint density at radius 1 is 0.914 bits per heavy atom. The molecule has 2 aromatic rings. The highest BCUT2D eigenvalue weighted by Gasteiger charge is 2.13. The van der Waals surface area contributed by atoms with E-state index in [0.717, 1.165) is 77.7 Å². The van der Waals surface area contributed by atoms with Crippen LogP contribution in [0.5, 0.6) is 5.75 Å². The second-order valence-corrected chi connectivity index (χ2v) is 8.90. The third-order valence-electron chi connectivity index (χ3n) is 5.99. The molecule has 7 heteroatoms. The van der Waals surface area contributed by atoms with Gasteiger partial charge in [0, 0.05) is 33.5 Å². The number of rotatable bonds is 19. The molecule has 1 unspecified atom stereocenters. The van der Waals surface area contributed by atoms with Crippen molar-refractivity contribution in [2.24, 2.45) is 5.73 Å². The quantitative estimate of drug-likeness (QED) is 0.224. The standard InChI is InChI=1S/C28H42N2O5/c1-34-17-7-9-23-12-10-22(11-13-23)8-3-6-19-35-18-5-2-4-16-30-21-27(32)24-14-15-26(31)25(20-24)28(29)33/h10-15,20,27,30-32H,2-9,16-19,21H2,1H3,(H2,29,33). The predicted octanol–water partition coefficient (Wildman–Crippen LogP) is 3.90. The predicted molar refractivity (Wildman–Crippen MR) is 139 cm³/mol. The lowest BCUT2D eigenvalue weighted by Gasteiger charge is -2.13. The molecule has 0 heterocycles. The van der Waals surface area contributed by atoms with Crippen LogP contribution in [0.1, 0.15) is 71.7 Å². The van der Waals surface area contributed by atoms with E-state index < -0.39 is 12.0 Å². The van der Waals surface area contributed by atoms with E-state index in [-0.39, 0.29) is 11.3 Å². The number of ether oxygens (including phenoxy) is 2. The number of aromatic hydroxyl groups is 1. The van der Waals surface area contributed by atoms with Gasteiger partial charge in [-0.15, -0.1) is 0 Å². The average Bonchev–Trinajstić information content (AvgIpc) is 2.85. The summed E-state index contributed by atoms with van der Waals surface area (Å²) in [6.07, 6.45) is 7.75. The normalized spacial score (nSPS) is 12.1. The van der Waals surface area contributed by atoms with Crippen molar-refractivity contribution in [1.82, 2.24) is 5.32 Å². The zero-order valence-electron chi connectivity index (χ0n) is 21.0. The summed E-state index contributed by atoms with van der Waals surface area (Å²) in [5, 5.41) is 23.1. The fourth-order valence-corrected chi connectivity index (χ4v) is 3.87. The Morgan fingerprint density at radius 2 is 1.57 bits per heavy atom. The van der Waals surface area contributed by atoms with Crippen molar-refractivity contribution in [2.75, 3.05) is 40.0 Å². The summed E-state index contributed by atoms with van der Waals surface area (Å²) in [4.78, 5) is 11.3. The number of benzene rings is 2. The van der Waals surface area contributed by atoms with E-state index in [9.17, 15) is 15.0 Å². The van der Waals surface area contributed by atoms with Gasteiger partial charge in [0.15, 0.2) is 0 Å². The van der Waals surface area contributed by atoms with Crippen LogP contribution in [-0.4, -0.2) is 56.1 Å². The minimum atomic E-state index is -0.768. The second-order valence-electron chi connectivity index (χ2n) is 8.90. The molecule has 0 aliphatic carbocycles. The number of nitrogens with two attached hydrogens (primary N) is 1. The molecule has 1 atom stereocenters. The number of aliphatic hydroxyl groups is 1. The van der Waals surface area contributed by atoms with Gasteiger partial charge in [0.25, 0.3) is 5.91 Å². The van der Waals surface area contributed by atoms with E-state index in [4.69, 9.17) is 15.2 Å². The number of unbranched alkanes of at least 4 members (excludes halogenated alkanes) is 3. The van der Waals surface area contributed by atoms with Crippen LogP contribution >= 0.6 is 0 Å². The van der Waals surface area contributed by atoms with Crippen LogP contribution in [0.3, 0.4) is 0 Å². The van der Waals surface area contributed by atoms with Gasteiger partial charge in [-0.1, -0.05) is 30.3 Å². The fourth-order valence-electron chi connectivity index (χ4n) is 3.87. The highest BCUT2D eigenvalue weighted by molar-refractivity contribution is 5.95. The monoisotopic (exact) mass is 486 g/mol. The number of carbonyl (C=O) groups is 1. The van der Waals surface area contributed by atoms with Gasteiger partial charge >= 0.3 is 0 Å². The molecule has 0 saturated carbocycles. The maximum absolute atomic E-state index is 11.3. The molecule has 194 valence electrons.